The highest BCUT2D eigenvalue weighted by Crippen LogP contribution is 2.18. The first-order valence-electron chi connectivity index (χ1n) is 7.19. The number of nitrogen functional groups attached to an aromatic ring is 1. The number of hydrogen-bond donors (Lipinski definition) is 1. The molecule has 0 fully saturated rings. The summed E-state index contributed by atoms with van der Waals surface area (Å²) in [6, 6.07) is 8.75. The second kappa shape index (κ2) is 7.56. The lowest BCUT2D eigenvalue weighted by atomic mass is 10.0. The largest absolute Gasteiger partial charge is 0.494 e. The number of pyridine rings is 1. The maximum Gasteiger partial charge on any atom is 0.195 e. The van der Waals surface area contributed by atoms with E-state index in [9.17, 15) is 4.79 Å². The van der Waals surface area contributed by atoms with Crippen molar-refractivity contribution in [2.45, 2.75) is 6.42 Å². The van der Waals surface area contributed by atoms with Gasteiger partial charge >= 0.3 is 0 Å². The Morgan fingerprint density at radius 2 is 1.95 bits per heavy atom. The third-order valence-electron chi connectivity index (χ3n) is 3.23. The first-order valence-corrected chi connectivity index (χ1v) is 7.19. The Labute approximate surface area is 130 Å². The molecule has 0 aliphatic rings. The number of anilines is 1. The molecular formula is C17H21N3O2. The van der Waals surface area contributed by atoms with E-state index in [2.05, 4.69) is 9.88 Å². The maximum absolute atomic E-state index is 12.4. The minimum atomic E-state index is -0.112. The zero-order valence-corrected chi connectivity index (χ0v) is 13.0. The number of benzene rings is 1. The summed E-state index contributed by atoms with van der Waals surface area (Å²) in [7, 11) is 4.07. The molecule has 2 rings (SSSR count). The number of carbonyl (C=O) groups excluding carboxylic acids is 1. The Balaban J connectivity index is 1.97. The minimum absolute atomic E-state index is 0.112. The molecular weight excluding hydrogens is 278 g/mol. The highest BCUT2D eigenvalue weighted by Gasteiger charge is 2.12. The van der Waals surface area contributed by atoms with Gasteiger partial charge in [-0.2, -0.15) is 0 Å². The molecule has 0 aliphatic heterocycles. The van der Waals surface area contributed by atoms with E-state index in [0.717, 1.165) is 18.7 Å². The summed E-state index contributed by atoms with van der Waals surface area (Å²) in [5.74, 6) is 0.650. The summed E-state index contributed by atoms with van der Waals surface area (Å²) >= 11 is 0. The van der Waals surface area contributed by atoms with Gasteiger partial charge in [0.05, 0.1) is 18.5 Å². The molecule has 5 nitrogen and oxygen atoms in total. The molecule has 5 heteroatoms. The van der Waals surface area contributed by atoms with Crippen LogP contribution in [0.2, 0.25) is 0 Å². The van der Waals surface area contributed by atoms with Gasteiger partial charge in [-0.15, -0.1) is 0 Å². The minimum Gasteiger partial charge on any atom is -0.494 e. The zero-order valence-electron chi connectivity index (χ0n) is 13.0. The second-order valence-electron chi connectivity index (χ2n) is 5.32. The van der Waals surface area contributed by atoms with Crippen molar-refractivity contribution < 1.29 is 9.53 Å². The number of aromatic nitrogens is 1. The number of ether oxygens (including phenoxy) is 1. The molecule has 2 N–H and O–H groups in total. The average Bonchev–Trinajstić information content (AvgIpc) is 2.52. The highest BCUT2D eigenvalue weighted by atomic mass is 16.5. The van der Waals surface area contributed by atoms with Crippen molar-refractivity contribution >= 4 is 11.5 Å². The second-order valence-corrected chi connectivity index (χ2v) is 5.32. The van der Waals surface area contributed by atoms with Crippen LogP contribution in [0.1, 0.15) is 22.3 Å². The van der Waals surface area contributed by atoms with Crippen LogP contribution in [0.5, 0.6) is 5.75 Å². The van der Waals surface area contributed by atoms with Crippen molar-refractivity contribution in [3.8, 4) is 5.75 Å². The molecule has 0 spiro atoms. The molecule has 0 unspecified atom stereocenters. The summed E-state index contributed by atoms with van der Waals surface area (Å²) < 4.78 is 5.65. The van der Waals surface area contributed by atoms with Crippen molar-refractivity contribution in [1.82, 2.24) is 9.88 Å². The van der Waals surface area contributed by atoms with Crippen LogP contribution in [0.3, 0.4) is 0 Å². The molecule has 1 aromatic heterocycles. The predicted molar refractivity (Wildman–Crippen MR) is 87.2 cm³/mol. The van der Waals surface area contributed by atoms with Crippen molar-refractivity contribution in [1.29, 1.82) is 0 Å². The molecule has 2 aromatic rings. The summed E-state index contributed by atoms with van der Waals surface area (Å²) in [6.07, 6.45) is 4.00. The van der Waals surface area contributed by atoms with Gasteiger partial charge in [-0.05, 0) is 50.8 Å². The van der Waals surface area contributed by atoms with Crippen molar-refractivity contribution in [3.05, 3.63) is 53.9 Å². The standard InChI is InChI=1S/C17H21N3O2/c1-20(2)10-3-11-22-14-6-4-13(5-7-14)17(21)15-8-9-19-12-16(15)18/h4-9,12H,3,10-11,18H2,1-2H3. The van der Waals surface area contributed by atoms with Gasteiger partial charge < -0.3 is 15.4 Å². The van der Waals surface area contributed by atoms with Crippen LogP contribution >= 0.6 is 0 Å². The highest BCUT2D eigenvalue weighted by molar-refractivity contribution is 6.11. The molecule has 0 bridgehead atoms. The smallest absolute Gasteiger partial charge is 0.195 e. The third-order valence-corrected chi connectivity index (χ3v) is 3.23. The first kappa shape index (κ1) is 16.0. The fourth-order valence-corrected chi connectivity index (χ4v) is 2.04. The van der Waals surface area contributed by atoms with Gasteiger partial charge in [-0.1, -0.05) is 0 Å². The van der Waals surface area contributed by atoms with Crippen LogP contribution in [0.25, 0.3) is 0 Å². The SMILES string of the molecule is CN(C)CCCOc1ccc(C(=O)c2ccncc2N)cc1. The lowest BCUT2D eigenvalue weighted by Gasteiger charge is -2.10. The first-order chi connectivity index (χ1) is 10.6. The van der Waals surface area contributed by atoms with Gasteiger partial charge in [0, 0.05) is 23.9 Å². The van der Waals surface area contributed by atoms with Crippen LogP contribution in [-0.2, 0) is 0 Å². The third kappa shape index (κ3) is 4.30. The Bertz CT molecular complexity index is 624. The number of ketones is 1. The van der Waals surface area contributed by atoms with Crippen LogP contribution in [-0.4, -0.2) is 42.9 Å². The fraction of sp³-hybridized carbons (Fsp3) is 0.294. The van der Waals surface area contributed by atoms with Crippen LogP contribution in [0, 0.1) is 0 Å². The number of hydrogen-bond acceptors (Lipinski definition) is 5. The van der Waals surface area contributed by atoms with Crippen LogP contribution < -0.4 is 10.5 Å². The Hall–Kier alpha value is -2.40. The zero-order chi connectivity index (χ0) is 15.9. The maximum atomic E-state index is 12.4. The molecule has 1 heterocycles. The fourth-order valence-electron chi connectivity index (χ4n) is 2.04. The van der Waals surface area contributed by atoms with E-state index in [1.54, 1.807) is 36.5 Å². The Kier molecular flexibility index (Phi) is 5.49. The van der Waals surface area contributed by atoms with Gasteiger partial charge in [0.1, 0.15) is 5.75 Å². The normalized spacial score (nSPS) is 10.7. The molecule has 0 atom stereocenters. The van der Waals surface area contributed by atoms with Crippen molar-refractivity contribution in [2.75, 3.05) is 33.0 Å². The van der Waals surface area contributed by atoms with Crippen molar-refractivity contribution in [2.24, 2.45) is 0 Å². The van der Waals surface area contributed by atoms with Gasteiger partial charge in [-0.3, -0.25) is 9.78 Å². The van der Waals surface area contributed by atoms with E-state index in [4.69, 9.17) is 10.5 Å². The number of nitrogens with two attached hydrogens (primary N) is 1. The molecule has 0 saturated heterocycles. The molecule has 1 aromatic carbocycles. The molecule has 116 valence electrons. The number of rotatable bonds is 7. The molecule has 0 aliphatic carbocycles. The average molecular weight is 299 g/mol. The van der Waals surface area contributed by atoms with E-state index < -0.39 is 0 Å². The van der Waals surface area contributed by atoms with E-state index in [1.807, 2.05) is 14.1 Å². The molecule has 0 radical (unpaired) electrons. The van der Waals surface area contributed by atoms with Gasteiger partial charge in [0.25, 0.3) is 0 Å². The van der Waals surface area contributed by atoms with Crippen LogP contribution in [0.4, 0.5) is 5.69 Å². The summed E-state index contributed by atoms with van der Waals surface area (Å²) in [5, 5.41) is 0. The predicted octanol–water partition coefficient (Wildman–Crippen LogP) is 2.23. The van der Waals surface area contributed by atoms with Gasteiger partial charge in [0.15, 0.2) is 5.78 Å². The summed E-state index contributed by atoms with van der Waals surface area (Å²) in [4.78, 5) is 18.4. The number of nitrogens with zero attached hydrogens (tertiary/aromatic N) is 2. The lowest BCUT2D eigenvalue weighted by molar-refractivity contribution is 0.103. The van der Waals surface area contributed by atoms with Crippen molar-refractivity contribution in [3.63, 3.8) is 0 Å². The molecule has 22 heavy (non-hydrogen) atoms. The Morgan fingerprint density at radius 1 is 1.23 bits per heavy atom. The summed E-state index contributed by atoms with van der Waals surface area (Å²) in [5.41, 5.74) is 7.22. The monoisotopic (exact) mass is 299 g/mol. The van der Waals surface area contributed by atoms with Crippen LogP contribution in [0.15, 0.2) is 42.7 Å². The van der Waals surface area contributed by atoms with Gasteiger partial charge in [0.2, 0.25) is 0 Å². The summed E-state index contributed by atoms with van der Waals surface area (Å²) in [6.45, 7) is 1.64. The molecule has 0 amide bonds. The topological polar surface area (TPSA) is 68.5 Å². The van der Waals surface area contributed by atoms with E-state index in [0.29, 0.717) is 23.4 Å². The molecule has 0 saturated carbocycles. The van der Waals surface area contributed by atoms with E-state index in [1.165, 1.54) is 6.20 Å². The lowest BCUT2D eigenvalue weighted by Crippen LogP contribution is -2.15. The quantitative estimate of drug-likeness (QED) is 0.627. The van der Waals surface area contributed by atoms with E-state index in [-0.39, 0.29) is 5.78 Å². The van der Waals surface area contributed by atoms with E-state index >= 15 is 0 Å². The Morgan fingerprint density at radius 3 is 2.59 bits per heavy atom. The number of carbonyl (C=O) groups is 1. The van der Waals surface area contributed by atoms with Gasteiger partial charge in [-0.25, -0.2) is 0 Å².